The van der Waals surface area contributed by atoms with Crippen LogP contribution in [0.5, 0.6) is 0 Å². The third-order valence-corrected chi connectivity index (χ3v) is 3.58. The van der Waals surface area contributed by atoms with Crippen molar-refractivity contribution in [2.45, 2.75) is 32.9 Å². The molecule has 2 N–H and O–H groups in total. The number of benzene rings is 1. The molecule has 1 aromatic carbocycles. The molecule has 0 radical (unpaired) electrons. The first kappa shape index (κ1) is 13.8. The maximum absolute atomic E-state index is 6.12. The average Bonchev–Trinajstić information content (AvgIpc) is 2.75. The van der Waals surface area contributed by atoms with Crippen molar-refractivity contribution in [2.24, 2.45) is 0 Å². The highest BCUT2D eigenvalue weighted by molar-refractivity contribution is 6.02. The Hall–Kier alpha value is -2.14. The van der Waals surface area contributed by atoms with Gasteiger partial charge in [-0.25, -0.2) is 4.98 Å². The Kier molecular flexibility index (Phi) is 3.29. The Morgan fingerprint density at radius 3 is 2.76 bits per heavy atom. The second-order valence-corrected chi connectivity index (χ2v) is 5.76. The number of pyridine rings is 1. The Labute approximate surface area is 123 Å². The maximum atomic E-state index is 6.12. The molecule has 3 rings (SSSR count). The molecule has 0 fully saturated rings. The van der Waals surface area contributed by atoms with E-state index in [1.54, 1.807) is 6.20 Å². The van der Waals surface area contributed by atoms with E-state index in [1.165, 1.54) is 0 Å². The van der Waals surface area contributed by atoms with Crippen LogP contribution in [0.1, 0.15) is 20.8 Å². The minimum atomic E-state index is -0.305. The number of imidazole rings is 1. The van der Waals surface area contributed by atoms with Gasteiger partial charge in [-0.3, -0.25) is 4.98 Å². The molecule has 2 heterocycles. The predicted molar refractivity (Wildman–Crippen MR) is 85.2 cm³/mol. The van der Waals surface area contributed by atoms with Crippen molar-refractivity contribution < 1.29 is 4.74 Å². The highest BCUT2D eigenvalue weighted by Crippen LogP contribution is 2.27. The van der Waals surface area contributed by atoms with Gasteiger partial charge in [0, 0.05) is 12.0 Å². The fourth-order valence-electron chi connectivity index (χ4n) is 2.76. The van der Waals surface area contributed by atoms with Gasteiger partial charge >= 0.3 is 0 Å². The summed E-state index contributed by atoms with van der Waals surface area (Å²) in [6, 6.07) is 8.03. The summed E-state index contributed by atoms with van der Waals surface area (Å²) in [7, 11) is 0. The van der Waals surface area contributed by atoms with E-state index in [0.717, 1.165) is 21.9 Å². The summed E-state index contributed by atoms with van der Waals surface area (Å²) in [5.74, 6) is 0.496. The quantitative estimate of drug-likeness (QED) is 0.800. The molecule has 0 spiro atoms. The molecule has 5 heteroatoms. The van der Waals surface area contributed by atoms with Crippen LogP contribution in [0.3, 0.4) is 0 Å². The van der Waals surface area contributed by atoms with Gasteiger partial charge in [0.2, 0.25) is 5.95 Å². The number of fused-ring (bicyclic) bond motifs is 3. The number of para-hydroxylation sites is 1. The second-order valence-electron chi connectivity index (χ2n) is 5.76. The van der Waals surface area contributed by atoms with E-state index in [2.05, 4.69) is 29.9 Å². The number of rotatable bonds is 4. The Morgan fingerprint density at radius 2 is 2.00 bits per heavy atom. The van der Waals surface area contributed by atoms with Crippen LogP contribution >= 0.6 is 0 Å². The Morgan fingerprint density at radius 1 is 1.24 bits per heavy atom. The van der Waals surface area contributed by atoms with Crippen molar-refractivity contribution in [3.63, 3.8) is 0 Å². The molecule has 0 aliphatic heterocycles. The number of aromatic nitrogens is 3. The average molecular weight is 284 g/mol. The molecule has 0 aliphatic rings. The summed E-state index contributed by atoms with van der Waals surface area (Å²) < 4.78 is 7.82. The molecule has 21 heavy (non-hydrogen) atoms. The first-order chi connectivity index (χ1) is 10.0. The number of hydrogen-bond donors (Lipinski definition) is 1. The molecule has 5 nitrogen and oxygen atoms in total. The van der Waals surface area contributed by atoms with Crippen molar-refractivity contribution in [2.75, 3.05) is 12.3 Å². The van der Waals surface area contributed by atoms with Crippen molar-refractivity contribution in [1.29, 1.82) is 0 Å². The lowest BCUT2D eigenvalue weighted by atomic mass is 10.1. The van der Waals surface area contributed by atoms with Crippen LogP contribution in [0.4, 0.5) is 5.95 Å². The molecule has 0 saturated heterocycles. The molecule has 0 aliphatic carbocycles. The lowest BCUT2D eigenvalue weighted by Crippen LogP contribution is -2.31. The fraction of sp³-hybridized carbons (Fsp3) is 0.375. The van der Waals surface area contributed by atoms with Gasteiger partial charge in [0.25, 0.3) is 0 Å². The number of nitrogens with zero attached hydrogens (tertiary/aromatic N) is 3. The van der Waals surface area contributed by atoms with Gasteiger partial charge in [-0.15, -0.1) is 0 Å². The van der Waals surface area contributed by atoms with Gasteiger partial charge in [-0.1, -0.05) is 18.2 Å². The van der Waals surface area contributed by atoms with Crippen LogP contribution < -0.4 is 5.73 Å². The first-order valence-corrected chi connectivity index (χ1v) is 7.15. The zero-order chi connectivity index (χ0) is 15.0. The van der Waals surface area contributed by atoms with Gasteiger partial charge in [0.15, 0.2) is 0 Å². The van der Waals surface area contributed by atoms with Crippen LogP contribution in [-0.2, 0) is 11.3 Å². The zero-order valence-electron chi connectivity index (χ0n) is 12.6. The SMILES string of the molecule is CCOC(C)(C)Cn1c(N)nc2cnc3ccccc3c21. The molecular weight excluding hydrogens is 264 g/mol. The molecule has 0 bridgehead atoms. The van der Waals surface area contributed by atoms with E-state index in [0.29, 0.717) is 19.1 Å². The highest BCUT2D eigenvalue weighted by Gasteiger charge is 2.22. The Bertz CT molecular complexity index is 791. The lowest BCUT2D eigenvalue weighted by molar-refractivity contribution is -0.0212. The largest absolute Gasteiger partial charge is 0.374 e. The zero-order valence-corrected chi connectivity index (χ0v) is 12.6. The summed E-state index contributed by atoms with van der Waals surface area (Å²) in [6.45, 7) is 7.44. The predicted octanol–water partition coefficient (Wildman–Crippen LogP) is 2.98. The van der Waals surface area contributed by atoms with Gasteiger partial charge in [-0.05, 0) is 26.8 Å². The monoisotopic (exact) mass is 284 g/mol. The third-order valence-electron chi connectivity index (χ3n) is 3.58. The van der Waals surface area contributed by atoms with Crippen molar-refractivity contribution in [3.8, 4) is 0 Å². The van der Waals surface area contributed by atoms with E-state index < -0.39 is 0 Å². The van der Waals surface area contributed by atoms with Crippen LogP contribution in [0.25, 0.3) is 21.9 Å². The number of ether oxygens (including phenoxy) is 1. The third kappa shape index (κ3) is 2.45. The molecular formula is C16H20N4O. The number of nitrogen functional groups attached to an aromatic ring is 1. The van der Waals surface area contributed by atoms with Gasteiger partial charge in [-0.2, -0.15) is 0 Å². The molecule has 3 aromatic rings. The van der Waals surface area contributed by atoms with E-state index in [9.17, 15) is 0 Å². The van der Waals surface area contributed by atoms with Crippen molar-refractivity contribution in [3.05, 3.63) is 30.5 Å². The normalized spacial score (nSPS) is 12.3. The molecule has 2 aromatic heterocycles. The first-order valence-electron chi connectivity index (χ1n) is 7.15. The van der Waals surface area contributed by atoms with Gasteiger partial charge in [0.1, 0.15) is 5.52 Å². The number of nitrogens with two attached hydrogens (primary N) is 1. The molecule has 0 atom stereocenters. The van der Waals surface area contributed by atoms with Crippen LogP contribution in [0.15, 0.2) is 30.5 Å². The summed E-state index contributed by atoms with van der Waals surface area (Å²) in [4.78, 5) is 8.86. The standard InChI is InChI=1S/C16H20N4O/c1-4-21-16(2,3)10-20-14-11-7-5-6-8-12(11)18-9-13(14)19-15(20)17/h5-9H,4,10H2,1-3H3,(H2,17,19). The van der Waals surface area contributed by atoms with Crippen LogP contribution in [0, 0.1) is 0 Å². The maximum Gasteiger partial charge on any atom is 0.201 e. The highest BCUT2D eigenvalue weighted by atomic mass is 16.5. The summed E-state index contributed by atoms with van der Waals surface area (Å²) >= 11 is 0. The lowest BCUT2D eigenvalue weighted by Gasteiger charge is -2.26. The van der Waals surface area contributed by atoms with Crippen molar-refractivity contribution in [1.82, 2.24) is 14.5 Å². The number of anilines is 1. The second kappa shape index (κ2) is 5.00. The molecule has 0 amide bonds. The smallest absolute Gasteiger partial charge is 0.201 e. The molecule has 0 saturated carbocycles. The topological polar surface area (TPSA) is 66.0 Å². The molecule has 110 valence electrons. The van der Waals surface area contributed by atoms with E-state index in [4.69, 9.17) is 10.5 Å². The van der Waals surface area contributed by atoms with Crippen LogP contribution in [-0.4, -0.2) is 26.7 Å². The van der Waals surface area contributed by atoms with Gasteiger partial charge in [0.05, 0.1) is 29.4 Å². The van der Waals surface area contributed by atoms with E-state index in [1.807, 2.05) is 29.7 Å². The number of hydrogen-bond acceptors (Lipinski definition) is 4. The minimum Gasteiger partial charge on any atom is -0.374 e. The Balaban J connectivity index is 2.22. The summed E-state index contributed by atoms with van der Waals surface area (Å²) in [5, 5.41) is 1.06. The molecule has 0 unspecified atom stereocenters. The van der Waals surface area contributed by atoms with Crippen molar-refractivity contribution >= 4 is 27.9 Å². The fourth-order valence-corrected chi connectivity index (χ4v) is 2.76. The minimum absolute atomic E-state index is 0.305. The van der Waals surface area contributed by atoms with E-state index in [-0.39, 0.29) is 5.60 Å². The van der Waals surface area contributed by atoms with Crippen LogP contribution in [0.2, 0.25) is 0 Å². The van der Waals surface area contributed by atoms with E-state index >= 15 is 0 Å². The summed E-state index contributed by atoms with van der Waals surface area (Å²) in [6.07, 6.45) is 1.78. The van der Waals surface area contributed by atoms with Gasteiger partial charge < -0.3 is 15.0 Å². The summed E-state index contributed by atoms with van der Waals surface area (Å²) in [5.41, 5.74) is 8.59.